The number of phenolic OH excluding ortho intramolecular Hbond substituents is 1. The maximum atomic E-state index is 12.5. The molecular weight excluding hydrogens is 382 g/mol. The molecule has 3 aromatic rings. The maximum absolute atomic E-state index is 12.5. The Labute approximate surface area is 174 Å². The lowest BCUT2D eigenvalue weighted by atomic mass is 9.82. The fourth-order valence-electron chi connectivity index (χ4n) is 3.43. The van der Waals surface area contributed by atoms with Gasteiger partial charge in [-0.05, 0) is 56.2 Å². The lowest BCUT2D eigenvalue weighted by Crippen LogP contribution is -2.31. The topological polar surface area (TPSA) is 109 Å². The first-order valence-corrected chi connectivity index (χ1v) is 9.99. The van der Waals surface area contributed by atoms with Crippen LogP contribution in [0.5, 0.6) is 5.75 Å². The Bertz CT molecular complexity index is 1070. The Kier molecular flexibility index (Phi) is 5.47. The van der Waals surface area contributed by atoms with Gasteiger partial charge in [0, 0.05) is 36.1 Å². The van der Waals surface area contributed by atoms with E-state index in [0.29, 0.717) is 29.1 Å². The largest absolute Gasteiger partial charge is 0.507 e. The minimum atomic E-state index is -0.303. The lowest BCUT2D eigenvalue weighted by molar-refractivity contribution is 0.102. The normalized spacial score (nSPS) is 13.5. The molecule has 1 saturated carbocycles. The highest BCUT2D eigenvalue weighted by atomic mass is 16.3. The molecule has 8 heteroatoms. The predicted molar refractivity (Wildman–Crippen MR) is 113 cm³/mol. The number of hydrogen-bond acceptors (Lipinski definition) is 5. The number of carbonyl (C=O) groups is 2. The van der Waals surface area contributed by atoms with Crippen molar-refractivity contribution in [3.8, 4) is 17.0 Å². The van der Waals surface area contributed by atoms with Crippen molar-refractivity contribution in [2.75, 3.05) is 11.9 Å². The molecule has 0 spiro atoms. The Balaban J connectivity index is 1.66. The van der Waals surface area contributed by atoms with E-state index >= 15 is 0 Å². The Morgan fingerprint density at radius 1 is 1.23 bits per heavy atom. The summed E-state index contributed by atoms with van der Waals surface area (Å²) in [5.41, 5.74) is 2.71. The molecule has 1 aliphatic rings. The lowest BCUT2D eigenvalue weighted by Gasteiger charge is -2.25. The average molecular weight is 405 g/mol. The Morgan fingerprint density at radius 3 is 2.73 bits per heavy atom. The molecule has 8 nitrogen and oxygen atoms in total. The SMILES string of the molecule is CCNC(=O)n1nc(-c2cc(NC(=O)c3cccnc3)ccc2O)cc1C1CCC1. The van der Waals surface area contributed by atoms with Gasteiger partial charge in [-0.2, -0.15) is 9.78 Å². The van der Waals surface area contributed by atoms with Crippen LogP contribution < -0.4 is 10.6 Å². The van der Waals surface area contributed by atoms with Crippen molar-refractivity contribution in [3.63, 3.8) is 0 Å². The Hall–Kier alpha value is -3.68. The van der Waals surface area contributed by atoms with Crippen molar-refractivity contribution in [2.45, 2.75) is 32.1 Å². The second kappa shape index (κ2) is 8.36. The second-order valence-corrected chi connectivity index (χ2v) is 7.26. The molecule has 1 aromatic carbocycles. The third-order valence-electron chi connectivity index (χ3n) is 5.23. The van der Waals surface area contributed by atoms with Crippen LogP contribution >= 0.6 is 0 Å². The maximum Gasteiger partial charge on any atom is 0.342 e. The molecule has 2 heterocycles. The fourth-order valence-corrected chi connectivity index (χ4v) is 3.43. The zero-order valence-corrected chi connectivity index (χ0v) is 16.6. The first-order valence-electron chi connectivity index (χ1n) is 9.99. The first-order chi connectivity index (χ1) is 14.6. The summed E-state index contributed by atoms with van der Waals surface area (Å²) in [6.07, 6.45) is 6.23. The minimum Gasteiger partial charge on any atom is -0.507 e. The van der Waals surface area contributed by atoms with Gasteiger partial charge in [0.2, 0.25) is 0 Å². The monoisotopic (exact) mass is 405 g/mol. The van der Waals surface area contributed by atoms with Gasteiger partial charge in [0.25, 0.3) is 5.91 Å². The molecule has 0 unspecified atom stereocenters. The predicted octanol–water partition coefficient (Wildman–Crippen LogP) is 3.75. The van der Waals surface area contributed by atoms with Gasteiger partial charge in [0.05, 0.1) is 17.0 Å². The number of benzene rings is 1. The molecule has 4 rings (SSSR count). The van der Waals surface area contributed by atoms with Crippen LogP contribution in [0.4, 0.5) is 10.5 Å². The molecule has 1 fully saturated rings. The van der Waals surface area contributed by atoms with Gasteiger partial charge in [-0.25, -0.2) is 4.79 Å². The molecule has 0 bridgehead atoms. The van der Waals surface area contributed by atoms with E-state index in [0.717, 1.165) is 25.0 Å². The molecule has 0 atom stereocenters. The van der Waals surface area contributed by atoms with Crippen LogP contribution in [0, 0.1) is 0 Å². The average Bonchev–Trinajstić information content (AvgIpc) is 3.13. The number of hydrogen-bond donors (Lipinski definition) is 3. The van der Waals surface area contributed by atoms with Crippen molar-refractivity contribution >= 4 is 17.6 Å². The van der Waals surface area contributed by atoms with E-state index in [1.54, 1.807) is 30.5 Å². The summed E-state index contributed by atoms with van der Waals surface area (Å²) in [6, 6.07) is 9.68. The van der Waals surface area contributed by atoms with E-state index in [2.05, 4.69) is 20.7 Å². The van der Waals surface area contributed by atoms with Crippen molar-refractivity contribution in [1.82, 2.24) is 20.1 Å². The van der Waals surface area contributed by atoms with Gasteiger partial charge in [0.1, 0.15) is 5.75 Å². The molecule has 2 amide bonds. The van der Waals surface area contributed by atoms with Gasteiger partial charge in [-0.1, -0.05) is 6.42 Å². The summed E-state index contributed by atoms with van der Waals surface area (Å²) in [5, 5.41) is 20.5. The van der Waals surface area contributed by atoms with Crippen LogP contribution in [-0.4, -0.2) is 38.4 Å². The molecule has 0 aliphatic heterocycles. The Morgan fingerprint density at radius 2 is 2.07 bits per heavy atom. The highest BCUT2D eigenvalue weighted by Crippen LogP contribution is 2.39. The minimum absolute atomic E-state index is 0.0232. The summed E-state index contributed by atoms with van der Waals surface area (Å²) < 4.78 is 1.39. The number of nitrogens with zero attached hydrogens (tertiary/aromatic N) is 3. The highest BCUT2D eigenvalue weighted by Gasteiger charge is 2.27. The summed E-state index contributed by atoms with van der Waals surface area (Å²) in [7, 11) is 0. The molecule has 0 saturated heterocycles. The third kappa shape index (κ3) is 3.89. The molecular formula is C22H23N5O3. The summed E-state index contributed by atoms with van der Waals surface area (Å²) in [5.74, 6) is 0.00213. The van der Waals surface area contributed by atoms with Gasteiger partial charge in [-0.3, -0.25) is 9.78 Å². The van der Waals surface area contributed by atoms with Crippen LogP contribution in [0.2, 0.25) is 0 Å². The molecule has 2 aromatic heterocycles. The van der Waals surface area contributed by atoms with Crippen LogP contribution in [0.3, 0.4) is 0 Å². The van der Waals surface area contributed by atoms with Crippen molar-refractivity contribution in [2.24, 2.45) is 0 Å². The van der Waals surface area contributed by atoms with Crippen molar-refractivity contribution < 1.29 is 14.7 Å². The number of anilines is 1. The van der Waals surface area contributed by atoms with E-state index in [-0.39, 0.29) is 23.6 Å². The number of aromatic nitrogens is 3. The van der Waals surface area contributed by atoms with Crippen LogP contribution in [0.25, 0.3) is 11.3 Å². The second-order valence-electron chi connectivity index (χ2n) is 7.26. The summed E-state index contributed by atoms with van der Waals surface area (Å²) in [4.78, 5) is 28.8. The highest BCUT2D eigenvalue weighted by molar-refractivity contribution is 6.04. The number of pyridine rings is 1. The van der Waals surface area contributed by atoms with Gasteiger partial charge in [0.15, 0.2) is 0 Å². The van der Waals surface area contributed by atoms with E-state index in [1.807, 2.05) is 13.0 Å². The number of carbonyl (C=O) groups excluding carboxylic acids is 2. The van der Waals surface area contributed by atoms with E-state index < -0.39 is 0 Å². The number of aromatic hydroxyl groups is 1. The number of phenols is 1. The fraction of sp³-hybridized carbons (Fsp3) is 0.273. The van der Waals surface area contributed by atoms with E-state index in [9.17, 15) is 14.7 Å². The summed E-state index contributed by atoms with van der Waals surface area (Å²) >= 11 is 0. The molecule has 154 valence electrons. The standard InChI is InChI=1S/C22H23N5O3/c1-2-24-22(30)27-19(14-5-3-6-14)12-18(26-27)17-11-16(8-9-20(17)28)25-21(29)15-7-4-10-23-13-15/h4,7-14,28H,2-3,5-6H2,1H3,(H,24,30)(H,25,29). The van der Waals surface area contributed by atoms with Crippen molar-refractivity contribution in [1.29, 1.82) is 0 Å². The van der Waals surface area contributed by atoms with Gasteiger partial charge >= 0.3 is 6.03 Å². The van der Waals surface area contributed by atoms with Crippen LogP contribution in [0.15, 0.2) is 48.8 Å². The molecule has 1 aliphatic carbocycles. The number of rotatable bonds is 5. The van der Waals surface area contributed by atoms with Gasteiger partial charge < -0.3 is 15.7 Å². The first kappa shape index (κ1) is 19.6. The molecule has 3 N–H and O–H groups in total. The van der Waals surface area contributed by atoms with E-state index in [1.165, 1.54) is 16.9 Å². The number of nitrogens with one attached hydrogen (secondary N) is 2. The third-order valence-corrected chi connectivity index (χ3v) is 5.23. The molecule has 30 heavy (non-hydrogen) atoms. The van der Waals surface area contributed by atoms with Crippen LogP contribution in [-0.2, 0) is 0 Å². The zero-order valence-electron chi connectivity index (χ0n) is 16.6. The van der Waals surface area contributed by atoms with Gasteiger partial charge in [-0.15, -0.1) is 0 Å². The van der Waals surface area contributed by atoms with E-state index in [4.69, 9.17) is 0 Å². The van der Waals surface area contributed by atoms with Crippen LogP contribution in [0.1, 0.15) is 48.2 Å². The quantitative estimate of drug-likeness (QED) is 0.560. The van der Waals surface area contributed by atoms with Crippen molar-refractivity contribution in [3.05, 3.63) is 60.0 Å². The number of amides is 2. The smallest absolute Gasteiger partial charge is 0.342 e. The molecule has 0 radical (unpaired) electrons. The zero-order chi connectivity index (χ0) is 21.1. The summed E-state index contributed by atoms with van der Waals surface area (Å²) in [6.45, 7) is 2.35.